The summed E-state index contributed by atoms with van der Waals surface area (Å²) in [6, 6.07) is 0. The van der Waals surface area contributed by atoms with Crippen molar-refractivity contribution in [3.63, 3.8) is 0 Å². The Morgan fingerprint density at radius 3 is 2.22 bits per heavy atom. The average molecular weight is 130 g/mol. The maximum atomic E-state index is 8.43. The van der Waals surface area contributed by atoms with E-state index in [1.165, 1.54) is 19.3 Å². The highest BCUT2D eigenvalue weighted by molar-refractivity contribution is 4.45. The van der Waals surface area contributed by atoms with E-state index in [-0.39, 0.29) is 0 Å². The molecule has 0 rings (SSSR count). The predicted octanol–water partition coefficient (Wildman–Crippen LogP) is 2.20. The highest BCUT2D eigenvalue weighted by Gasteiger charge is 1.92. The molecule has 0 spiro atoms. The molecule has 0 heterocycles. The first-order valence-electron chi connectivity index (χ1n) is 3.88. The molecular formula is C8H18O. The van der Waals surface area contributed by atoms with Gasteiger partial charge in [-0.05, 0) is 12.3 Å². The summed E-state index contributed by atoms with van der Waals surface area (Å²) < 4.78 is 0. The number of rotatable bonds is 5. The van der Waals surface area contributed by atoms with Crippen molar-refractivity contribution in [1.29, 1.82) is 0 Å². The molecule has 0 aliphatic rings. The lowest BCUT2D eigenvalue weighted by Gasteiger charge is -2.01. The van der Waals surface area contributed by atoms with Crippen molar-refractivity contribution in [2.75, 3.05) is 6.61 Å². The van der Waals surface area contributed by atoms with E-state index in [0.29, 0.717) is 6.61 Å². The third kappa shape index (κ3) is 7.96. The molecule has 1 heteroatoms. The highest BCUT2D eigenvalue weighted by Crippen LogP contribution is 2.06. The lowest BCUT2D eigenvalue weighted by molar-refractivity contribution is 0.281. The van der Waals surface area contributed by atoms with Crippen LogP contribution in [0.15, 0.2) is 0 Å². The van der Waals surface area contributed by atoms with Crippen molar-refractivity contribution < 1.29 is 5.11 Å². The molecule has 0 saturated carbocycles. The van der Waals surface area contributed by atoms with Gasteiger partial charge < -0.3 is 5.11 Å². The van der Waals surface area contributed by atoms with Gasteiger partial charge in [-0.3, -0.25) is 0 Å². The van der Waals surface area contributed by atoms with E-state index < -0.39 is 0 Å². The quantitative estimate of drug-likeness (QED) is 0.566. The van der Waals surface area contributed by atoms with Gasteiger partial charge in [0, 0.05) is 6.61 Å². The molecule has 1 nitrogen and oxygen atoms in total. The minimum absolute atomic E-state index is 0.359. The smallest absolute Gasteiger partial charge is 0.0431 e. The number of aliphatic hydroxyl groups excluding tert-OH is 1. The van der Waals surface area contributed by atoms with Crippen LogP contribution < -0.4 is 0 Å². The molecule has 0 saturated heterocycles. The van der Waals surface area contributed by atoms with Gasteiger partial charge in [0.2, 0.25) is 0 Å². The zero-order valence-corrected chi connectivity index (χ0v) is 6.56. The van der Waals surface area contributed by atoms with Gasteiger partial charge in [0.25, 0.3) is 0 Å². The molecule has 0 aromatic carbocycles. The zero-order valence-electron chi connectivity index (χ0n) is 6.56. The molecule has 0 amide bonds. The molecule has 56 valence electrons. The van der Waals surface area contributed by atoms with Crippen molar-refractivity contribution in [2.45, 2.75) is 39.5 Å². The molecular weight excluding hydrogens is 112 g/mol. The van der Waals surface area contributed by atoms with E-state index in [0.717, 1.165) is 12.3 Å². The fraction of sp³-hybridized carbons (Fsp3) is 1.00. The van der Waals surface area contributed by atoms with E-state index >= 15 is 0 Å². The second-order valence-corrected chi connectivity index (χ2v) is 2.97. The van der Waals surface area contributed by atoms with Crippen LogP contribution in [0.1, 0.15) is 39.5 Å². The topological polar surface area (TPSA) is 20.2 Å². The van der Waals surface area contributed by atoms with Crippen LogP contribution in [0.4, 0.5) is 0 Å². The summed E-state index contributed by atoms with van der Waals surface area (Å²) in [5.41, 5.74) is 0. The van der Waals surface area contributed by atoms with Crippen LogP contribution in [0.25, 0.3) is 0 Å². The van der Waals surface area contributed by atoms with Gasteiger partial charge >= 0.3 is 0 Å². The lowest BCUT2D eigenvalue weighted by atomic mass is 10.1. The minimum Gasteiger partial charge on any atom is -0.396 e. The van der Waals surface area contributed by atoms with Crippen LogP contribution in [0.2, 0.25) is 0 Å². The van der Waals surface area contributed by atoms with E-state index in [2.05, 4.69) is 13.8 Å². The van der Waals surface area contributed by atoms with Crippen molar-refractivity contribution >= 4 is 0 Å². The standard InChI is InChI=1S/C8H18O/c1-8(2)6-4-3-5-7-9/h8-9H,3-7H2,1-2H3. The SMILES string of the molecule is CC(C)CCCCCO. The summed E-state index contributed by atoms with van der Waals surface area (Å²) in [6.45, 7) is 4.83. The normalized spacial score (nSPS) is 10.7. The van der Waals surface area contributed by atoms with Crippen molar-refractivity contribution in [1.82, 2.24) is 0 Å². The van der Waals surface area contributed by atoms with Crippen LogP contribution in [0.5, 0.6) is 0 Å². The second-order valence-electron chi connectivity index (χ2n) is 2.97. The third-order valence-electron chi connectivity index (χ3n) is 1.44. The van der Waals surface area contributed by atoms with Crippen molar-refractivity contribution in [3.05, 3.63) is 0 Å². The van der Waals surface area contributed by atoms with Crippen LogP contribution >= 0.6 is 0 Å². The first-order chi connectivity index (χ1) is 4.27. The Balaban J connectivity index is 2.75. The summed E-state index contributed by atoms with van der Waals surface area (Å²) in [7, 11) is 0. The third-order valence-corrected chi connectivity index (χ3v) is 1.44. The minimum atomic E-state index is 0.359. The molecule has 0 aliphatic carbocycles. The van der Waals surface area contributed by atoms with Gasteiger partial charge in [-0.1, -0.05) is 33.1 Å². The Bertz CT molecular complexity index is 50.5. The maximum Gasteiger partial charge on any atom is 0.0431 e. The monoisotopic (exact) mass is 130 g/mol. The Morgan fingerprint density at radius 2 is 1.78 bits per heavy atom. The zero-order chi connectivity index (χ0) is 7.11. The number of unbranched alkanes of at least 4 members (excludes halogenated alkanes) is 2. The van der Waals surface area contributed by atoms with Gasteiger partial charge in [0.05, 0.1) is 0 Å². The van der Waals surface area contributed by atoms with Gasteiger partial charge in [-0.15, -0.1) is 0 Å². The van der Waals surface area contributed by atoms with Crippen LogP contribution in [-0.2, 0) is 0 Å². The molecule has 0 aromatic heterocycles. The second kappa shape index (κ2) is 6.09. The van der Waals surface area contributed by atoms with E-state index in [4.69, 9.17) is 5.11 Å². The number of aliphatic hydroxyl groups is 1. The lowest BCUT2D eigenvalue weighted by Crippen LogP contribution is -1.88. The molecule has 0 aromatic rings. The molecule has 0 bridgehead atoms. The molecule has 0 fully saturated rings. The first-order valence-corrected chi connectivity index (χ1v) is 3.88. The van der Waals surface area contributed by atoms with E-state index in [1.54, 1.807) is 0 Å². The van der Waals surface area contributed by atoms with Crippen LogP contribution in [-0.4, -0.2) is 11.7 Å². The maximum absolute atomic E-state index is 8.43. The molecule has 1 N–H and O–H groups in total. The molecule has 0 radical (unpaired) electrons. The first kappa shape index (κ1) is 8.96. The summed E-state index contributed by atoms with van der Waals surface area (Å²) in [5.74, 6) is 0.823. The summed E-state index contributed by atoms with van der Waals surface area (Å²) in [5, 5.41) is 8.43. The van der Waals surface area contributed by atoms with Crippen molar-refractivity contribution in [2.24, 2.45) is 5.92 Å². The Kier molecular flexibility index (Phi) is 6.06. The fourth-order valence-electron chi connectivity index (χ4n) is 0.841. The van der Waals surface area contributed by atoms with Crippen LogP contribution in [0.3, 0.4) is 0 Å². The Hall–Kier alpha value is -0.0400. The molecule has 0 aliphatic heterocycles. The Morgan fingerprint density at radius 1 is 1.11 bits per heavy atom. The summed E-state index contributed by atoms with van der Waals surface area (Å²) in [6.07, 6.45) is 4.75. The fourth-order valence-corrected chi connectivity index (χ4v) is 0.841. The van der Waals surface area contributed by atoms with E-state index in [1.807, 2.05) is 0 Å². The Labute approximate surface area is 58.1 Å². The molecule has 0 atom stereocenters. The van der Waals surface area contributed by atoms with Gasteiger partial charge in [-0.25, -0.2) is 0 Å². The van der Waals surface area contributed by atoms with Crippen LogP contribution in [0, 0.1) is 5.92 Å². The van der Waals surface area contributed by atoms with Crippen molar-refractivity contribution in [3.8, 4) is 0 Å². The molecule has 0 unspecified atom stereocenters. The summed E-state index contributed by atoms with van der Waals surface area (Å²) >= 11 is 0. The molecule has 9 heavy (non-hydrogen) atoms. The van der Waals surface area contributed by atoms with Gasteiger partial charge in [0.15, 0.2) is 0 Å². The highest BCUT2D eigenvalue weighted by atomic mass is 16.2. The van der Waals surface area contributed by atoms with Gasteiger partial charge in [0.1, 0.15) is 0 Å². The van der Waals surface area contributed by atoms with Gasteiger partial charge in [-0.2, -0.15) is 0 Å². The largest absolute Gasteiger partial charge is 0.396 e. The number of hydrogen-bond donors (Lipinski definition) is 1. The summed E-state index contributed by atoms with van der Waals surface area (Å²) in [4.78, 5) is 0. The predicted molar refractivity (Wildman–Crippen MR) is 40.4 cm³/mol. The average Bonchev–Trinajstić information content (AvgIpc) is 1.80. The van der Waals surface area contributed by atoms with E-state index in [9.17, 15) is 0 Å². The number of hydrogen-bond acceptors (Lipinski definition) is 1.